The fourth-order valence-corrected chi connectivity index (χ4v) is 1.16. The maximum Gasteiger partial charge on any atom is 0.250 e. The Labute approximate surface area is 89.7 Å². The van der Waals surface area contributed by atoms with Gasteiger partial charge >= 0.3 is 0 Å². The first-order chi connectivity index (χ1) is 7.19. The van der Waals surface area contributed by atoms with Crippen LogP contribution in [0.2, 0.25) is 0 Å². The van der Waals surface area contributed by atoms with Crippen LogP contribution in [-0.2, 0) is 14.3 Å². The molecule has 0 fully saturated rings. The first-order valence-corrected chi connectivity index (χ1v) is 4.82. The predicted molar refractivity (Wildman–Crippen MR) is 55.4 cm³/mol. The Bertz CT molecular complexity index is 167. The Kier molecular flexibility index (Phi) is 8.21. The van der Waals surface area contributed by atoms with E-state index >= 15 is 0 Å². The van der Waals surface area contributed by atoms with Gasteiger partial charge < -0.3 is 25.6 Å². The molecule has 0 bridgehead atoms. The number of ether oxygens (including phenoxy) is 2. The average Bonchev–Trinajstić information content (AvgIpc) is 2.20. The second-order valence-electron chi connectivity index (χ2n) is 3.13. The van der Waals surface area contributed by atoms with Crippen molar-refractivity contribution in [3.8, 4) is 0 Å². The minimum Gasteiger partial charge on any atom is -0.396 e. The standard InChI is InChI=1S/C9H20N2O4/c1-14-6-7(3-4-12)11-9(13)8(5-10)15-2/h7-8,12H,3-6,10H2,1-2H3,(H,11,13). The van der Waals surface area contributed by atoms with Gasteiger partial charge in [-0.2, -0.15) is 0 Å². The van der Waals surface area contributed by atoms with E-state index in [2.05, 4.69) is 5.32 Å². The van der Waals surface area contributed by atoms with E-state index in [1.807, 2.05) is 0 Å². The SMILES string of the molecule is COCC(CCO)NC(=O)C(CN)OC. The van der Waals surface area contributed by atoms with Gasteiger partial charge in [0.2, 0.25) is 0 Å². The second-order valence-corrected chi connectivity index (χ2v) is 3.13. The van der Waals surface area contributed by atoms with Gasteiger partial charge in [-0.15, -0.1) is 0 Å². The van der Waals surface area contributed by atoms with Crippen LogP contribution in [0.1, 0.15) is 6.42 Å². The van der Waals surface area contributed by atoms with Crippen molar-refractivity contribution < 1.29 is 19.4 Å². The van der Waals surface area contributed by atoms with Crippen LogP contribution in [0.25, 0.3) is 0 Å². The number of methoxy groups -OCH3 is 2. The number of carbonyl (C=O) groups excluding carboxylic acids is 1. The summed E-state index contributed by atoms with van der Waals surface area (Å²) >= 11 is 0. The Balaban J connectivity index is 4.07. The summed E-state index contributed by atoms with van der Waals surface area (Å²) in [7, 11) is 2.96. The molecule has 1 amide bonds. The van der Waals surface area contributed by atoms with Crippen molar-refractivity contribution in [3.05, 3.63) is 0 Å². The molecule has 0 aromatic rings. The molecule has 2 unspecified atom stereocenters. The number of hydrogen-bond donors (Lipinski definition) is 3. The molecule has 0 saturated heterocycles. The topological polar surface area (TPSA) is 93.8 Å². The summed E-state index contributed by atoms with van der Waals surface area (Å²) in [5.41, 5.74) is 5.34. The summed E-state index contributed by atoms with van der Waals surface area (Å²) in [6.45, 7) is 0.475. The van der Waals surface area contributed by atoms with Crippen LogP contribution in [0, 0.1) is 0 Å². The van der Waals surface area contributed by atoms with E-state index in [4.69, 9.17) is 20.3 Å². The molecule has 0 aliphatic carbocycles. The highest BCUT2D eigenvalue weighted by atomic mass is 16.5. The lowest BCUT2D eigenvalue weighted by molar-refractivity contribution is -0.131. The van der Waals surface area contributed by atoms with E-state index in [-0.39, 0.29) is 25.1 Å². The fraction of sp³-hybridized carbons (Fsp3) is 0.889. The molecule has 4 N–H and O–H groups in total. The zero-order valence-electron chi connectivity index (χ0n) is 9.23. The Hall–Kier alpha value is -0.690. The number of nitrogens with two attached hydrogens (primary N) is 1. The Morgan fingerprint density at radius 3 is 2.60 bits per heavy atom. The number of hydrogen-bond acceptors (Lipinski definition) is 5. The monoisotopic (exact) mass is 220 g/mol. The minimum absolute atomic E-state index is 0.00538. The molecule has 0 aliphatic heterocycles. The van der Waals surface area contributed by atoms with Gasteiger partial charge in [0.1, 0.15) is 6.10 Å². The third-order valence-electron chi connectivity index (χ3n) is 1.98. The average molecular weight is 220 g/mol. The summed E-state index contributed by atoms with van der Waals surface area (Å²) in [5, 5.41) is 11.5. The molecule has 0 saturated carbocycles. The van der Waals surface area contributed by atoms with Crippen molar-refractivity contribution in [1.82, 2.24) is 5.32 Å². The fourth-order valence-electron chi connectivity index (χ4n) is 1.16. The van der Waals surface area contributed by atoms with Gasteiger partial charge in [0.05, 0.1) is 12.6 Å². The molecule has 0 heterocycles. The van der Waals surface area contributed by atoms with Gasteiger partial charge in [0, 0.05) is 27.4 Å². The van der Waals surface area contributed by atoms with E-state index < -0.39 is 6.10 Å². The lowest BCUT2D eigenvalue weighted by Crippen LogP contribution is -2.47. The summed E-state index contributed by atoms with van der Waals surface area (Å²) in [6, 6.07) is -0.211. The molecule has 0 rings (SSSR count). The van der Waals surface area contributed by atoms with Crippen molar-refractivity contribution in [2.24, 2.45) is 5.73 Å². The molecule has 0 aliphatic rings. The largest absolute Gasteiger partial charge is 0.396 e. The number of aliphatic hydroxyl groups excluding tert-OH is 1. The van der Waals surface area contributed by atoms with Gasteiger partial charge in [-0.3, -0.25) is 4.79 Å². The van der Waals surface area contributed by atoms with Crippen LogP contribution < -0.4 is 11.1 Å². The Morgan fingerprint density at radius 1 is 1.53 bits per heavy atom. The van der Waals surface area contributed by atoms with Crippen molar-refractivity contribution in [3.63, 3.8) is 0 Å². The lowest BCUT2D eigenvalue weighted by atomic mass is 10.2. The quantitative estimate of drug-likeness (QED) is 0.461. The maximum atomic E-state index is 11.5. The van der Waals surface area contributed by atoms with Crippen LogP contribution >= 0.6 is 0 Å². The number of amides is 1. The van der Waals surface area contributed by atoms with E-state index in [0.717, 1.165) is 0 Å². The normalized spacial score (nSPS) is 14.7. The summed E-state index contributed by atoms with van der Waals surface area (Å²) in [6.07, 6.45) is -0.205. The highest BCUT2D eigenvalue weighted by Crippen LogP contribution is 1.95. The smallest absolute Gasteiger partial charge is 0.250 e. The second kappa shape index (κ2) is 8.60. The van der Waals surface area contributed by atoms with E-state index in [1.165, 1.54) is 14.2 Å². The maximum absolute atomic E-state index is 11.5. The Morgan fingerprint density at radius 2 is 2.20 bits per heavy atom. The van der Waals surface area contributed by atoms with Crippen molar-refractivity contribution >= 4 is 5.91 Å². The molecule has 90 valence electrons. The summed E-state index contributed by atoms with van der Waals surface area (Å²) in [5.74, 6) is -0.282. The van der Waals surface area contributed by atoms with Gasteiger partial charge in [0.25, 0.3) is 5.91 Å². The molecule has 15 heavy (non-hydrogen) atoms. The van der Waals surface area contributed by atoms with Crippen LogP contribution in [0.3, 0.4) is 0 Å². The molecule has 0 aromatic carbocycles. The zero-order valence-corrected chi connectivity index (χ0v) is 9.23. The van der Waals surface area contributed by atoms with Gasteiger partial charge in [-0.05, 0) is 6.42 Å². The summed E-state index contributed by atoms with van der Waals surface area (Å²) in [4.78, 5) is 11.5. The molecular formula is C9H20N2O4. The predicted octanol–water partition coefficient (Wildman–Crippen LogP) is -1.53. The molecule has 0 aromatic heterocycles. The first-order valence-electron chi connectivity index (χ1n) is 4.82. The molecule has 2 atom stereocenters. The third kappa shape index (κ3) is 5.68. The molecule has 0 spiro atoms. The van der Waals surface area contributed by atoms with Crippen molar-refractivity contribution in [2.75, 3.05) is 34.0 Å². The molecule has 6 nitrogen and oxygen atoms in total. The molecule has 0 radical (unpaired) electrons. The van der Waals surface area contributed by atoms with Crippen LogP contribution in [0.4, 0.5) is 0 Å². The van der Waals surface area contributed by atoms with E-state index in [0.29, 0.717) is 13.0 Å². The highest BCUT2D eigenvalue weighted by Gasteiger charge is 2.19. The number of rotatable bonds is 8. The zero-order chi connectivity index (χ0) is 11.7. The molecule has 6 heteroatoms. The minimum atomic E-state index is -0.650. The van der Waals surface area contributed by atoms with Crippen molar-refractivity contribution in [1.29, 1.82) is 0 Å². The van der Waals surface area contributed by atoms with Crippen LogP contribution in [0.5, 0.6) is 0 Å². The summed E-state index contributed by atoms with van der Waals surface area (Å²) < 4.78 is 9.78. The molecular weight excluding hydrogens is 200 g/mol. The first kappa shape index (κ1) is 14.3. The van der Waals surface area contributed by atoms with E-state index in [1.54, 1.807) is 0 Å². The van der Waals surface area contributed by atoms with Gasteiger partial charge in [-0.25, -0.2) is 0 Å². The number of aliphatic hydroxyl groups is 1. The van der Waals surface area contributed by atoms with E-state index in [9.17, 15) is 4.79 Å². The highest BCUT2D eigenvalue weighted by molar-refractivity contribution is 5.81. The number of carbonyl (C=O) groups is 1. The van der Waals surface area contributed by atoms with Crippen LogP contribution in [0.15, 0.2) is 0 Å². The van der Waals surface area contributed by atoms with Gasteiger partial charge in [-0.1, -0.05) is 0 Å². The number of nitrogens with one attached hydrogen (secondary N) is 1. The van der Waals surface area contributed by atoms with Crippen LogP contribution in [-0.4, -0.2) is 57.1 Å². The third-order valence-corrected chi connectivity index (χ3v) is 1.98. The van der Waals surface area contributed by atoms with Gasteiger partial charge in [0.15, 0.2) is 0 Å². The van der Waals surface area contributed by atoms with Crippen molar-refractivity contribution in [2.45, 2.75) is 18.6 Å². The lowest BCUT2D eigenvalue weighted by Gasteiger charge is -2.20.